The predicted octanol–water partition coefficient (Wildman–Crippen LogP) is 7.15. The summed E-state index contributed by atoms with van der Waals surface area (Å²) in [6, 6.07) is 0. The van der Waals surface area contributed by atoms with Crippen molar-refractivity contribution in [3.05, 3.63) is 23.8 Å². The normalized spacial score (nSPS) is 20.3. The first-order valence-corrected chi connectivity index (χ1v) is 14.6. The van der Waals surface area contributed by atoms with Gasteiger partial charge in [0.15, 0.2) is 0 Å². The minimum absolute atomic E-state index is 0.0800. The third kappa shape index (κ3) is 20.0. The maximum atomic E-state index is 11.1. The number of amides is 1. The number of fused-ring (bicyclic) bond motifs is 1. The molecular weight excluding hydrogens is 466 g/mol. The molecule has 0 aromatic carbocycles. The molecule has 4 N–H and O–H groups in total. The van der Waals surface area contributed by atoms with Crippen LogP contribution >= 0.6 is 0 Å². The van der Waals surface area contributed by atoms with E-state index in [1.165, 1.54) is 25.7 Å². The highest BCUT2D eigenvalue weighted by molar-refractivity contribution is 5.76. The zero-order chi connectivity index (χ0) is 29.4. The first kappa shape index (κ1) is 39.8. The minimum Gasteiger partial charge on any atom is -0.481 e. The van der Waals surface area contributed by atoms with Gasteiger partial charge < -0.3 is 20.6 Å². The number of hydrogen-bond donors (Lipinski definition) is 4. The quantitative estimate of drug-likeness (QED) is 0.251. The van der Waals surface area contributed by atoms with E-state index in [0.29, 0.717) is 6.54 Å². The van der Waals surface area contributed by atoms with E-state index < -0.39 is 17.5 Å². The fraction of sp³-hybridized carbons (Fsp3) is 0.806. The molecule has 0 aromatic rings. The maximum absolute atomic E-state index is 11.1. The Hall–Kier alpha value is -1.66. The highest BCUT2D eigenvalue weighted by Gasteiger charge is 2.30. The number of aliphatic hydroxyl groups excluding tert-OH is 2. The van der Waals surface area contributed by atoms with Gasteiger partial charge in [0, 0.05) is 13.2 Å². The number of unbranched alkanes of at least 4 members (excludes halogenated alkanes) is 1. The molecule has 0 saturated carbocycles. The zero-order valence-corrected chi connectivity index (χ0v) is 25.8. The number of carboxylic acid groups (broad SMARTS) is 1. The summed E-state index contributed by atoms with van der Waals surface area (Å²) in [5.74, 6) is 1.70. The van der Waals surface area contributed by atoms with E-state index in [-0.39, 0.29) is 25.4 Å². The van der Waals surface area contributed by atoms with Crippen molar-refractivity contribution >= 4 is 11.9 Å². The molecule has 4 atom stereocenters. The number of carbonyl (C=O) groups is 2. The second kappa shape index (κ2) is 24.7. The molecule has 4 unspecified atom stereocenters. The molecule has 6 heteroatoms. The summed E-state index contributed by atoms with van der Waals surface area (Å²) in [7, 11) is 0. The molecule has 0 fully saturated rings. The Morgan fingerprint density at radius 1 is 1.14 bits per heavy atom. The van der Waals surface area contributed by atoms with Gasteiger partial charge in [-0.25, -0.2) is 0 Å². The van der Waals surface area contributed by atoms with Crippen LogP contribution in [0.3, 0.4) is 0 Å². The Morgan fingerprint density at radius 3 is 2.16 bits per heavy atom. The van der Waals surface area contributed by atoms with Gasteiger partial charge in [-0.3, -0.25) is 9.59 Å². The van der Waals surface area contributed by atoms with Crippen molar-refractivity contribution in [3.63, 3.8) is 0 Å². The number of allylic oxidation sites excluding steroid dienone is 4. The summed E-state index contributed by atoms with van der Waals surface area (Å²) in [4.78, 5) is 21.1. The number of aliphatic hydroxyl groups is 2. The van der Waals surface area contributed by atoms with Crippen LogP contribution in [0.1, 0.15) is 121 Å². The second-order valence-corrected chi connectivity index (χ2v) is 10.2. The van der Waals surface area contributed by atoms with E-state index in [1.807, 2.05) is 34.6 Å². The first-order valence-electron chi connectivity index (χ1n) is 14.6. The molecule has 0 heterocycles. The maximum Gasteiger partial charge on any atom is 0.308 e. The highest BCUT2D eigenvalue weighted by atomic mass is 16.4. The van der Waals surface area contributed by atoms with Crippen LogP contribution in [0.2, 0.25) is 0 Å². The van der Waals surface area contributed by atoms with Crippen molar-refractivity contribution in [2.45, 2.75) is 127 Å². The summed E-state index contributed by atoms with van der Waals surface area (Å²) < 4.78 is 0. The van der Waals surface area contributed by atoms with Crippen molar-refractivity contribution < 1.29 is 24.9 Å². The van der Waals surface area contributed by atoms with Gasteiger partial charge in [0.1, 0.15) is 0 Å². The van der Waals surface area contributed by atoms with Crippen LogP contribution in [-0.4, -0.2) is 46.5 Å². The summed E-state index contributed by atoms with van der Waals surface area (Å²) >= 11 is 0. The molecule has 1 amide bonds. The molecule has 0 spiro atoms. The van der Waals surface area contributed by atoms with Crippen LogP contribution in [0.4, 0.5) is 0 Å². The van der Waals surface area contributed by atoms with Crippen LogP contribution in [0.15, 0.2) is 23.8 Å². The van der Waals surface area contributed by atoms with Gasteiger partial charge in [-0.05, 0) is 76.2 Å². The summed E-state index contributed by atoms with van der Waals surface area (Å²) in [6.07, 6.45) is 14.4. The number of nitrogens with one attached hydrogen (secondary N) is 1. The van der Waals surface area contributed by atoms with Crippen LogP contribution in [-0.2, 0) is 9.59 Å². The fourth-order valence-electron chi connectivity index (χ4n) is 3.95. The van der Waals surface area contributed by atoms with Gasteiger partial charge in [0.2, 0.25) is 5.91 Å². The Morgan fingerprint density at radius 2 is 1.70 bits per heavy atom. The Kier molecular flexibility index (Phi) is 26.6. The molecule has 2 aliphatic carbocycles. The number of carbonyl (C=O) groups excluding carboxylic acids is 1. The van der Waals surface area contributed by atoms with Crippen molar-refractivity contribution in [1.82, 2.24) is 5.32 Å². The van der Waals surface area contributed by atoms with Crippen molar-refractivity contribution in [1.29, 1.82) is 0 Å². The van der Waals surface area contributed by atoms with Crippen LogP contribution in [0.5, 0.6) is 0 Å². The molecule has 220 valence electrons. The zero-order valence-electron chi connectivity index (χ0n) is 25.8. The standard InChI is InChI=1S/C13H20.C9H19NO3.C5H10O2.2C2H6/c1-3-12-10(2)8-9-11-6-4-5-7-13(11)12;1-2-3-5-10-9(13)7-8(12)4-6-11;1-5(2,3)4(6)7;2*1-2/h6,8-10,12-13H,3-5,7H2,1-2H3;8,11-12H,2-7H2,1H3,(H,10,13);1-3H3,(H,6,7);2*1-2H3. The molecule has 6 nitrogen and oxygen atoms in total. The number of rotatable bonds is 8. The third-order valence-corrected chi connectivity index (χ3v) is 6.16. The molecule has 2 rings (SSSR count). The van der Waals surface area contributed by atoms with Crippen LogP contribution < -0.4 is 5.32 Å². The van der Waals surface area contributed by atoms with Crippen LogP contribution in [0, 0.1) is 23.2 Å². The van der Waals surface area contributed by atoms with Gasteiger partial charge in [0.25, 0.3) is 0 Å². The average molecular weight is 528 g/mol. The van der Waals surface area contributed by atoms with Gasteiger partial charge in [-0.15, -0.1) is 0 Å². The smallest absolute Gasteiger partial charge is 0.308 e. The Labute approximate surface area is 229 Å². The lowest BCUT2D eigenvalue weighted by molar-refractivity contribution is -0.145. The molecule has 0 radical (unpaired) electrons. The molecule has 0 aromatic heterocycles. The monoisotopic (exact) mass is 527 g/mol. The van der Waals surface area contributed by atoms with E-state index in [9.17, 15) is 9.59 Å². The van der Waals surface area contributed by atoms with E-state index >= 15 is 0 Å². The number of carboxylic acids is 1. The first-order chi connectivity index (χ1) is 17.5. The molecule has 0 saturated heterocycles. The summed E-state index contributed by atoms with van der Waals surface area (Å²) in [5, 5.41) is 28.6. The van der Waals surface area contributed by atoms with Crippen molar-refractivity contribution in [3.8, 4) is 0 Å². The Bertz CT molecular complexity index is 622. The fourth-order valence-corrected chi connectivity index (χ4v) is 3.95. The van der Waals surface area contributed by atoms with Crippen molar-refractivity contribution in [2.24, 2.45) is 23.2 Å². The lowest BCUT2D eigenvalue weighted by Gasteiger charge is -2.36. The summed E-state index contributed by atoms with van der Waals surface area (Å²) in [6.45, 7) is 20.3. The molecule has 37 heavy (non-hydrogen) atoms. The van der Waals surface area contributed by atoms with Gasteiger partial charge in [-0.1, -0.05) is 79.5 Å². The topological polar surface area (TPSA) is 107 Å². The predicted molar refractivity (Wildman–Crippen MR) is 158 cm³/mol. The highest BCUT2D eigenvalue weighted by Crippen LogP contribution is 2.41. The van der Waals surface area contributed by atoms with Crippen molar-refractivity contribution in [2.75, 3.05) is 13.2 Å². The van der Waals surface area contributed by atoms with Gasteiger partial charge >= 0.3 is 5.97 Å². The van der Waals surface area contributed by atoms with E-state index in [2.05, 4.69) is 37.4 Å². The van der Waals surface area contributed by atoms with Gasteiger partial charge in [0.05, 0.1) is 17.9 Å². The number of aliphatic carboxylic acids is 1. The number of hydrogen-bond acceptors (Lipinski definition) is 4. The summed E-state index contributed by atoms with van der Waals surface area (Å²) in [5.41, 5.74) is 1.05. The third-order valence-electron chi connectivity index (χ3n) is 6.16. The van der Waals surface area contributed by atoms with E-state index in [0.717, 1.165) is 30.6 Å². The molecule has 2 aliphatic rings. The molecule has 0 bridgehead atoms. The molecule has 0 aliphatic heterocycles. The Balaban J connectivity index is -0.000000456. The lowest BCUT2D eigenvalue weighted by Crippen LogP contribution is -2.28. The minimum atomic E-state index is -0.757. The average Bonchev–Trinajstić information content (AvgIpc) is 2.87. The SMILES string of the molecule is CC.CC.CC(C)(C)C(=O)O.CCC1C(C)C=CC2=CCCCC21.CCCCNC(=O)CC(O)CCO. The van der Waals surface area contributed by atoms with Gasteiger partial charge in [-0.2, -0.15) is 0 Å². The van der Waals surface area contributed by atoms with E-state index in [1.54, 1.807) is 26.3 Å². The largest absolute Gasteiger partial charge is 0.481 e. The van der Waals surface area contributed by atoms with E-state index in [4.69, 9.17) is 15.3 Å². The molecular formula is C31H61NO5. The second-order valence-electron chi connectivity index (χ2n) is 10.2. The lowest BCUT2D eigenvalue weighted by atomic mass is 9.69. The van der Waals surface area contributed by atoms with Crippen LogP contribution in [0.25, 0.3) is 0 Å².